The van der Waals surface area contributed by atoms with Gasteiger partial charge in [-0.25, -0.2) is 9.59 Å². The Morgan fingerprint density at radius 3 is 2.81 bits per heavy atom. The number of aryl methyl sites for hydroxylation is 1. The smallest absolute Gasteiger partial charge is 0.414 e. The minimum atomic E-state index is -0.940. The standard InChI is InChI=1S/C16H19NO4/c1-4-8-21-16(20)17-7-5-6-12-11(3)13(15(18)19)9-10(2)14(12)17/h4,9H,1,5-8H2,2-3H3,(H,18,19). The Labute approximate surface area is 123 Å². The monoisotopic (exact) mass is 289 g/mol. The van der Waals surface area contributed by atoms with Gasteiger partial charge in [0.1, 0.15) is 6.61 Å². The van der Waals surface area contributed by atoms with Crippen LogP contribution in [-0.4, -0.2) is 30.3 Å². The Kier molecular flexibility index (Phi) is 4.31. The maximum atomic E-state index is 12.1. The minimum Gasteiger partial charge on any atom is -0.478 e. The van der Waals surface area contributed by atoms with Gasteiger partial charge in [-0.1, -0.05) is 12.7 Å². The first-order chi connectivity index (χ1) is 9.97. The quantitative estimate of drug-likeness (QED) is 0.868. The highest BCUT2D eigenvalue weighted by molar-refractivity contribution is 5.95. The van der Waals surface area contributed by atoms with Gasteiger partial charge in [0.2, 0.25) is 0 Å². The normalized spacial score (nSPS) is 13.5. The molecule has 0 fully saturated rings. The number of fused-ring (bicyclic) bond motifs is 1. The number of anilines is 1. The number of carbonyl (C=O) groups excluding carboxylic acids is 1. The lowest BCUT2D eigenvalue weighted by Gasteiger charge is -2.31. The first kappa shape index (κ1) is 15.1. The molecule has 5 heteroatoms. The molecule has 0 aliphatic carbocycles. The van der Waals surface area contributed by atoms with E-state index in [1.54, 1.807) is 17.9 Å². The molecule has 0 unspecified atom stereocenters. The SMILES string of the molecule is C=CCOC(=O)N1CCCc2c(C)c(C(=O)O)cc(C)c21. The van der Waals surface area contributed by atoms with Gasteiger partial charge < -0.3 is 9.84 Å². The Bertz CT molecular complexity index is 607. The molecule has 0 radical (unpaired) electrons. The zero-order chi connectivity index (χ0) is 15.6. The molecule has 1 aromatic carbocycles. The minimum absolute atomic E-state index is 0.163. The second kappa shape index (κ2) is 5.99. The van der Waals surface area contributed by atoms with Crippen molar-refractivity contribution in [1.82, 2.24) is 0 Å². The Morgan fingerprint density at radius 1 is 1.48 bits per heavy atom. The Morgan fingerprint density at radius 2 is 2.19 bits per heavy atom. The lowest BCUT2D eigenvalue weighted by molar-refractivity contribution is 0.0696. The van der Waals surface area contributed by atoms with Gasteiger partial charge in [0.15, 0.2) is 0 Å². The molecule has 0 atom stereocenters. The summed E-state index contributed by atoms with van der Waals surface area (Å²) in [5, 5.41) is 9.27. The van der Waals surface area contributed by atoms with Crippen LogP contribution in [-0.2, 0) is 11.2 Å². The summed E-state index contributed by atoms with van der Waals surface area (Å²) >= 11 is 0. The van der Waals surface area contributed by atoms with E-state index in [-0.39, 0.29) is 6.61 Å². The second-order valence-corrected chi connectivity index (χ2v) is 5.12. The number of hydrogen-bond donors (Lipinski definition) is 1. The van der Waals surface area contributed by atoms with Crippen molar-refractivity contribution in [1.29, 1.82) is 0 Å². The van der Waals surface area contributed by atoms with E-state index < -0.39 is 12.1 Å². The highest BCUT2D eigenvalue weighted by Gasteiger charge is 2.28. The molecular weight excluding hydrogens is 270 g/mol. The van der Waals surface area contributed by atoms with Crippen LogP contribution in [0.15, 0.2) is 18.7 Å². The summed E-state index contributed by atoms with van der Waals surface area (Å²) in [4.78, 5) is 25.0. The fraction of sp³-hybridized carbons (Fsp3) is 0.375. The van der Waals surface area contributed by atoms with Crippen LogP contribution in [0.3, 0.4) is 0 Å². The molecule has 0 saturated carbocycles. The van der Waals surface area contributed by atoms with Crippen LogP contribution in [0.4, 0.5) is 10.5 Å². The predicted octanol–water partition coefficient (Wildman–Crippen LogP) is 3.08. The molecule has 1 amide bonds. The molecule has 1 heterocycles. The Hall–Kier alpha value is -2.30. The summed E-state index contributed by atoms with van der Waals surface area (Å²) < 4.78 is 5.11. The Balaban J connectivity index is 2.48. The third-order valence-corrected chi connectivity index (χ3v) is 3.73. The van der Waals surface area contributed by atoms with Crippen LogP contribution in [0.2, 0.25) is 0 Å². The lowest BCUT2D eigenvalue weighted by atomic mass is 9.90. The molecule has 1 aliphatic heterocycles. The van der Waals surface area contributed by atoms with Crippen LogP contribution in [0.5, 0.6) is 0 Å². The van der Waals surface area contributed by atoms with Crippen molar-refractivity contribution >= 4 is 17.7 Å². The van der Waals surface area contributed by atoms with E-state index in [0.29, 0.717) is 12.1 Å². The van der Waals surface area contributed by atoms with Crippen LogP contribution in [0.1, 0.15) is 33.5 Å². The first-order valence-electron chi connectivity index (χ1n) is 6.89. The summed E-state index contributed by atoms with van der Waals surface area (Å²) in [5.41, 5.74) is 3.52. The maximum Gasteiger partial charge on any atom is 0.414 e. The average molecular weight is 289 g/mol. The molecule has 1 N–H and O–H groups in total. The molecule has 1 aliphatic rings. The van der Waals surface area contributed by atoms with Crippen LogP contribution < -0.4 is 4.90 Å². The number of nitrogens with zero attached hydrogens (tertiary/aromatic N) is 1. The number of ether oxygens (including phenoxy) is 1. The molecule has 112 valence electrons. The fourth-order valence-electron chi connectivity index (χ4n) is 2.79. The fourth-order valence-corrected chi connectivity index (χ4v) is 2.79. The maximum absolute atomic E-state index is 12.1. The number of carboxylic acids is 1. The van der Waals surface area contributed by atoms with E-state index in [1.165, 1.54) is 6.08 Å². The third-order valence-electron chi connectivity index (χ3n) is 3.73. The highest BCUT2D eigenvalue weighted by Crippen LogP contribution is 2.35. The summed E-state index contributed by atoms with van der Waals surface area (Å²) in [6.45, 7) is 7.88. The number of carboxylic acid groups (broad SMARTS) is 1. The summed E-state index contributed by atoms with van der Waals surface area (Å²) in [5.74, 6) is -0.940. The topological polar surface area (TPSA) is 66.8 Å². The van der Waals surface area contributed by atoms with Crippen molar-refractivity contribution < 1.29 is 19.4 Å². The van der Waals surface area contributed by atoms with Crippen molar-refractivity contribution in [3.05, 3.63) is 41.0 Å². The number of amides is 1. The van der Waals surface area contributed by atoms with Crippen molar-refractivity contribution in [3.63, 3.8) is 0 Å². The molecular formula is C16H19NO4. The molecule has 0 spiro atoms. The van der Waals surface area contributed by atoms with E-state index in [4.69, 9.17) is 4.74 Å². The first-order valence-corrected chi connectivity index (χ1v) is 6.89. The van der Waals surface area contributed by atoms with E-state index >= 15 is 0 Å². The summed E-state index contributed by atoms with van der Waals surface area (Å²) in [6.07, 6.45) is 2.67. The van der Waals surface area contributed by atoms with Gasteiger partial charge in [0, 0.05) is 6.54 Å². The average Bonchev–Trinajstić information content (AvgIpc) is 2.47. The van der Waals surface area contributed by atoms with Crippen LogP contribution in [0.25, 0.3) is 0 Å². The number of benzene rings is 1. The number of hydrogen-bond acceptors (Lipinski definition) is 3. The van der Waals surface area contributed by atoms with Crippen molar-refractivity contribution in [2.24, 2.45) is 0 Å². The van der Waals surface area contributed by atoms with E-state index in [2.05, 4.69) is 6.58 Å². The van der Waals surface area contributed by atoms with Gasteiger partial charge in [0.05, 0.1) is 11.3 Å². The van der Waals surface area contributed by atoms with Gasteiger partial charge in [0.25, 0.3) is 0 Å². The molecule has 1 aromatic rings. The number of carbonyl (C=O) groups is 2. The molecule has 5 nitrogen and oxygen atoms in total. The van der Waals surface area contributed by atoms with Gasteiger partial charge in [-0.05, 0) is 49.4 Å². The largest absolute Gasteiger partial charge is 0.478 e. The van der Waals surface area contributed by atoms with Gasteiger partial charge in [-0.2, -0.15) is 0 Å². The highest BCUT2D eigenvalue weighted by atomic mass is 16.6. The molecule has 21 heavy (non-hydrogen) atoms. The third kappa shape index (κ3) is 2.77. The van der Waals surface area contributed by atoms with Gasteiger partial charge in [-0.3, -0.25) is 4.90 Å². The van der Waals surface area contributed by atoms with E-state index in [9.17, 15) is 14.7 Å². The van der Waals surface area contributed by atoms with E-state index in [0.717, 1.165) is 35.2 Å². The molecule has 0 bridgehead atoms. The molecule has 0 saturated heterocycles. The van der Waals surface area contributed by atoms with Gasteiger partial charge in [-0.15, -0.1) is 0 Å². The van der Waals surface area contributed by atoms with E-state index in [1.807, 2.05) is 6.92 Å². The second-order valence-electron chi connectivity index (χ2n) is 5.12. The number of rotatable bonds is 3. The van der Waals surface area contributed by atoms with Crippen molar-refractivity contribution in [2.75, 3.05) is 18.1 Å². The molecule has 2 rings (SSSR count). The summed E-state index contributed by atoms with van der Waals surface area (Å²) in [7, 11) is 0. The lowest BCUT2D eigenvalue weighted by Crippen LogP contribution is -2.37. The van der Waals surface area contributed by atoms with Crippen LogP contribution in [0, 0.1) is 13.8 Å². The van der Waals surface area contributed by atoms with Crippen molar-refractivity contribution in [3.8, 4) is 0 Å². The van der Waals surface area contributed by atoms with Crippen LogP contribution >= 0.6 is 0 Å². The van der Waals surface area contributed by atoms with Gasteiger partial charge >= 0.3 is 12.1 Å². The predicted molar refractivity (Wildman–Crippen MR) is 80.1 cm³/mol. The zero-order valence-electron chi connectivity index (χ0n) is 12.3. The molecule has 0 aromatic heterocycles. The number of aromatic carboxylic acids is 1. The zero-order valence-corrected chi connectivity index (χ0v) is 12.3. The summed E-state index contributed by atoms with van der Waals surface area (Å²) in [6, 6.07) is 1.62. The van der Waals surface area contributed by atoms with Crippen molar-refractivity contribution in [2.45, 2.75) is 26.7 Å².